The molecule has 0 aliphatic carbocycles. The van der Waals surface area contributed by atoms with Crippen LogP contribution in [0.15, 0.2) is 36.5 Å². The van der Waals surface area contributed by atoms with Gasteiger partial charge in [0, 0.05) is 19.8 Å². The third-order valence-corrected chi connectivity index (χ3v) is 4.22. The number of carbonyl (C=O) groups excluding carboxylic acids is 1. The van der Waals surface area contributed by atoms with E-state index < -0.39 is 0 Å². The summed E-state index contributed by atoms with van der Waals surface area (Å²) in [4.78, 5) is 12.4. The molecule has 1 saturated heterocycles. The van der Waals surface area contributed by atoms with Gasteiger partial charge in [0.05, 0.1) is 31.7 Å². The lowest BCUT2D eigenvalue weighted by Crippen LogP contribution is -2.26. The number of hydrogen-bond acceptors (Lipinski definition) is 5. The Morgan fingerprint density at radius 3 is 2.96 bits per heavy atom. The van der Waals surface area contributed by atoms with E-state index in [1.807, 2.05) is 30.3 Å². The van der Waals surface area contributed by atoms with Crippen LogP contribution in [-0.4, -0.2) is 55.3 Å². The van der Waals surface area contributed by atoms with E-state index in [-0.39, 0.29) is 17.7 Å². The fraction of sp³-hybridized carbons (Fsp3) is 0.474. The predicted molar refractivity (Wildman–Crippen MR) is 96.9 cm³/mol. The molecule has 7 heteroatoms. The smallest absolute Gasteiger partial charge is 0.275 e. The fourth-order valence-electron chi connectivity index (χ4n) is 2.83. The molecule has 2 heterocycles. The second-order valence-corrected chi connectivity index (χ2v) is 6.15. The molecular weight excluding hydrogens is 334 g/mol. The van der Waals surface area contributed by atoms with Crippen molar-refractivity contribution in [3.05, 3.63) is 42.2 Å². The lowest BCUT2D eigenvalue weighted by Gasteiger charge is -2.10. The Balaban J connectivity index is 1.45. The molecule has 2 aromatic rings. The molecule has 1 fully saturated rings. The van der Waals surface area contributed by atoms with Crippen molar-refractivity contribution in [2.75, 3.05) is 33.5 Å². The van der Waals surface area contributed by atoms with Gasteiger partial charge in [-0.15, -0.1) is 0 Å². The van der Waals surface area contributed by atoms with Gasteiger partial charge < -0.3 is 19.5 Å². The summed E-state index contributed by atoms with van der Waals surface area (Å²) in [6, 6.07) is 9.59. The summed E-state index contributed by atoms with van der Waals surface area (Å²) in [7, 11) is 1.53. The van der Waals surface area contributed by atoms with Gasteiger partial charge in [-0.05, 0) is 31.4 Å². The zero-order chi connectivity index (χ0) is 18.2. The van der Waals surface area contributed by atoms with Gasteiger partial charge in [-0.1, -0.05) is 18.2 Å². The van der Waals surface area contributed by atoms with Crippen molar-refractivity contribution in [3.8, 4) is 11.4 Å². The molecule has 0 spiro atoms. The maximum Gasteiger partial charge on any atom is 0.275 e. The highest BCUT2D eigenvalue weighted by molar-refractivity contribution is 5.94. The molecule has 0 saturated carbocycles. The molecule has 1 amide bonds. The standard InChI is InChI=1S/C19H25N3O4/c1-24-17-13-22(15-7-3-2-4-8-15)21-18(17)19(23)20-10-6-11-25-14-16-9-5-12-26-16/h2-4,7-8,13,16H,5-6,9-12,14H2,1H3,(H,20,23). The molecule has 0 bridgehead atoms. The minimum absolute atomic E-state index is 0.232. The first-order valence-electron chi connectivity index (χ1n) is 8.94. The van der Waals surface area contributed by atoms with Crippen LogP contribution in [-0.2, 0) is 9.47 Å². The summed E-state index contributed by atoms with van der Waals surface area (Å²) in [6.45, 7) is 2.58. The lowest BCUT2D eigenvalue weighted by molar-refractivity contribution is 0.0166. The van der Waals surface area contributed by atoms with Gasteiger partial charge >= 0.3 is 0 Å². The second-order valence-electron chi connectivity index (χ2n) is 6.15. The summed E-state index contributed by atoms with van der Waals surface area (Å²) >= 11 is 0. The highest BCUT2D eigenvalue weighted by atomic mass is 16.5. The van der Waals surface area contributed by atoms with Crippen LogP contribution in [0.2, 0.25) is 0 Å². The Hall–Kier alpha value is -2.38. The number of ether oxygens (including phenoxy) is 3. The third kappa shape index (κ3) is 4.83. The van der Waals surface area contributed by atoms with Gasteiger partial charge in [0.2, 0.25) is 0 Å². The van der Waals surface area contributed by atoms with E-state index >= 15 is 0 Å². The van der Waals surface area contributed by atoms with Crippen molar-refractivity contribution in [2.45, 2.75) is 25.4 Å². The Kier molecular flexibility index (Phi) is 6.62. The number of para-hydroxylation sites is 1. The summed E-state index contributed by atoms with van der Waals surface area (Å²) in [6.07, 6.45) is 4.85. The minimum Gasteiger partial charge on any atom is -0.493 e. The maximum absolute atomic E-state index is 12.4. The lowest BCUT2D eigenvalue weighted by atomic mass is 10.2. The summed E-state index contributed by atoms with van der Waals surface area (Å²) in [5, 5.41) is 7.21. The molecule has 7 nitrogen and oxygen atoms in total. The molecule has 1 atom stereocenters. The molecule has 1 aliphatic heterocycles. The van der Waals surface area contributed by atoms with Crippen LogP contribution >= 0.6 is 0 Å². The highest BCUT2D eigenvalue weighted by Gasteiger charge is 2.18. The topological polar surface area (TPSA) is 74.6 Å². The molecule has 26 heavy (non-hydrogen) atoms. The number of aromatic nitrogens is 2. The van der Waals surface area contributed by atoms with Crippen LogP contribution in [0.1, 0.15) is 29.8 Å². The van der Waals surface area contributed by atoms with Crippen LogP contribution < -0.4 is 10.1 Å². The quantitative estimate of drug-likeness (QED) is 0.695. The Bertz CT molecular complexity index is 696. The molecule has 1 aromatic carbocycles. The van der Waals surface area contributed by atoms with E-state index in [2.05, 4.69) is 10.4 Å². The van der Waals surface area contributed by atoms with E-state index in [9.17, 15) is 4.79 Å². The summed E-state index contributed by atoms with van der Waals surface area (Å²) < 4.78 is 18.0. The molecule has 1 aromatic heterocycles. The number of benzene rings is 1. The number of carbonyl (C=O) groups is 1. The van der Waals surface area contributed by atoms with Gasteiger partial charge in [-0.25, -0.2) is 4.68 Å². The maximum atomic E-state index is 12.4. The zero-order valence-electron chi connectivity index (χ0n) is 15.0. The average molecular weight is 359 g/mol. The molecule has 140 valence electrons. The number of amides is 1. The first-order chi connectivity index (χ1) is 12.8. The molecule has 0 radical (unpaired) electrons. The van der Waals surface area contributed by atoms with Gasteiger partial charge in [-0.2, -0.15) is 5.10 Å². The molecular formula is C19H25N3O4. The Labute approximate surface area is 153 Å². The Morgan fingerprint density at radius 1 is 1.38 bits per heavy atom. The number of methoxy groups -OCH3 is 1. The summed E-state index contributed by atoms with van der Waals surface area (Å²) in [5.41, 5.74) is 1.14. The van der Waals surface area contributed by atoms with Crippen molar-refractivity contribution in [1.82, 2.24) is 15.1 Å². The van der Waals surface area contributed by atoms with Gasteiger partial charge in [0.15, 0.2) is 11.4 Å². The van der Waals surface area contributed by atoms with Crippen LogP contribution in [0, 0.1) is 0 Å². The minimum atomic E-state index is -0.254. The number of rotatable bonds is 9. The SMILES string of the molecule is COc1cn(-c2ccccc2)nc1C(=O)NCCCOCC1CCCO1. The first-order valence-corrected chi connectivity index (χ1v) is 8.94. The average Bonchev–Trinajstić information content (AvgIpc) is 3.34. The largest absolute Gasteiger partial charge is 0.493 e. The molecule has 1 N–H and O–H groups in total. The second kappa shape index (κ2) is 9.35. The van der Waals surface area contributed by atoms with Crippen molar-refractivity contribution in [1.29, 1.82) is 0 Å². The normalized spacial score (nSPS) is 16.6. The van der Waals surface area contributed by atoms with Crippen molar-refractivity contribution in [3.63, 3.8) is 0 Å². The van der Waals surface area contributed by atoms with E-state index in [4.69, 9.17) is 14.2 Å². The van der Waals surface area contributed by atoms with Gasteiger partial charge in [0.1, 0.15) is 0 Å². The van der Waals surface area contributed by atoms with E-state index in [1.54, 1.807) is 10.9 Å². The first kappa shape index (κ1) is 18.4. The number of nitrogens with one attached hydrogen (secondary N) is 1. The third-order valence-electron chi connectivity index (χ3n) is 4.22. The van der Waals surface area contributed by atoms with Crippen molar-refractivity contribution < 1.29 is 19.0 Å². The van der Waals surface area contributed by atoms with E-state index in [0.29, 0.717) is 25.5 Å². The highest BCUT2D eigenvalue weighted by Crippen LogP contribution is 2.19. The fourth-order valence-corrected chi connectivity index (χ4v) is 2.83. The number of nitrogens with zero attached hydrogens (tertiary/aromatic N) is 2. The summed E-state index contributed by atoms with van der Waals surface area (Å²) in [5.74, 6) is 0.191. The van der Waals surface area contributed by atoms with Crippen LogP contribution in [0.5, 0.6) is 5.75 Å². The number of hydrogen-bond donors (Lipinski definition) is 1. The van der Waals surface area contributed by atoms with Gasteiger partial charge in [-0.3, -0.25) is 4.79 Å². The molecule has 1 aliphatic rings. The molecule has 1 unspecified atom stereocenters. The monoisotopic (exact) mass is 359 g/mol. The van der Waals surface area contributed by atoms with E-state index in [1.165, 1.54) is 7.11 Å². The van der Waals surface area contributed by atoms with E-state index in [0.717, 1.165) is 31.6 Å². The predicted octanol–water partition coefficient (Wildman–Crippen LogP) is 2.20. The zero-order valence-corrected chi connectivity index (χ0v) is 15.0. The Morgan fingerprint density at radius 2 is 2.23 bits per heavy atom. The molecule has 3 rings (SSSR count). The van der Waals surface area contributed by atoms with Crippen LogP contribution in [0.25, 0.3) is 5.69 Å². The van der Waals surface area contributed by atoms with Gasteiger partial charge in [0.25, 0.3) is 5.91 Å². The van der Waals surface area contributed by atoms with Crippen molar-refractivity contribution in [2.24, 2.45) is 0 Å². The van der Waals surface area contributed by atoms with Crippen LogP contribution in [0.3, 0.4) is 0 Å². The van der Waals surface area contributed by atoms with Crippen molar-refractivity contribution >= 4 is 5.91 Å². The van der Waals surface area contributed by atoms with Crippen LogP contribution in [0.4, 0.5) is 0 Å².